The van der Waals surface area contributed by atoms with Crippen molar-refractivity contribution in [1.82, 2.24) is 15.1 Å². The van der Waals surface area contributed by atoms with Gasteiger partial charge in [-0.1, -0.05) is 18.2 Å². The fourth-order valence-electron chi connectivity index (χ4n) is 2.15. The largest absolute Gasteiger partial charge is 0.376 e. The average molecular weight is 272 g/mol. The second-order valence-corrected chi connectivity index (χ2v) is 4.85. The number of hydrogen-bond acceptors (Lipinski definition) is 3. The van der Waals surface area contributed by atoms with Crippen molar-refractivity contribution < 1.29 is 4.79 Å². The van der Waals surface area contributed by atoms with Crippen LogP contribution < -0.4 is 10.6 Å². The van der Waals surface area contributed by atoms with Crippen molar-refractivity contribution in [1.29, 1.82) is 0 Å². The summed E-state index contributed by atoms with van der Waals surface area (Å²) in [5.74, 6) is -0.0374. The van der Waals surface area contributed by atoms with Gasteiger partial charge in [0.25, 0.3) is 0 Å². The average Bonchev–Trinajstić information content (AvgIpc) is 2.77. The van der Waals surface area contributed by atoms with Gasteiger partial charge in [-0.3, -0.25) is 9.48 Å². The molecule has 0 aliphatic heterocycles. The highest BCUT2D eigenvalue weighted by atomic mass is 16.1. The molecule has 5 nitrogen and oxygen atoms in total. The van der Waals surface area contributed by atoms with E-state index in [1.165, 1.54) is 0 Å². The number of hydrogen-bond donors (Lipinski definition) is 2. The molecule has 20 heavy (non-hydrogen) atoms. The minimum absolute atomic E-state index is 0.0374. The van der Waals surface area contributed by atoms with Crippen molar-refractivity contribution in [3.63, 3.8) is 0 Å². The van der Waals surface area contributed by atoms with E-state index in [-0.39, 0.29) is 18.5 Å². The van der Waals surface area contributed by atoms with Crippen LogP contribution in [0.3, 0.4) is 0 Å². The molecular weight excluding hydrogens is 252 g/mol. The molecule has 0 aliphatic rings. The van der Waals surface area contributed by atoms with E-state index in [1.54, 1.807) is 4.68 Å². The standard InChI is InChI=1S/C15H20N4O/c1-11(14-10-19(3)18-12(14)2)17-15(20)9-16-13-7-5-4-6-8-13/h4-8,10-11,16H,9H2,1-3H3,(H,17,20). The van der Waals surface area contributed by atoms with Crippen LogP contribution in [0.1, 0.15) is 24.2 Å². The Balaban J connectivity index is 1.87. The lowest BCUT2D eigenvalue weighted by molar-refractivity contribution is -0.120. The van der Waals surface area contributed by atoms with Gasteiger partial charge < -0.3 is 10.6 Å². The van der Waals surface area contributed by atoms with Crippen LogP contribution in [0.2, 0.25) is 0 Å². The van der Waals surface area contributed by atoms with E-state index < -0.39 is 0 Å². The van der Waals surface area contributed by atoms with Gasteiger partial charge in [0.15, 0.2) is 0 Å². The predicted octanol–water partition coefficient (Wildman–Crippen LogP) is 2.02. The maximum absolute atomic E-state index is 11.9. The van der Waals surface area contributed by atoms with Crippen molar-refractivity contribution in [2.24, 2.45) is 7.05 Å². The van der Waals surface area contributed by atoms with Gasteiger partial charge in [0, 0.05) is 24.5 Å². The molecule has 0 aliphatic carbocycles. The SMILES string of the molecule is Cc1nn(C)cc1C(C)NC(=O)CNc1ccccc1. The van der Waals surface area contributed by atoms with Gasteiger partial charge in [-0.15, -0.1) is 0 Å². The Kier molecular flexibility index (Phi) is 4.40. The number of anilines is 1. The molecule has 2 rings (SSSR count). The molecule has 0 saturated heterocycles. The van der Waals surface area contributed by atoms with Crippen molar-refractivity contribution in [3.05, 3.63) is 47.8 Å². The molecule has 106 valence electrons. The van der Waals surface area contributed by atoms with Gasteiger partial charge in [0.1, 0.15) is 0 Å². The molecule has 1 unspecified atom stereocenters. The topological polar surface area (TPSA) is 59.0 Å². The molecule has 2 aromatic rings. The Labute approximate surface area is 119 Å². The van der Waals surface area contributed by atoms with Crippen LogP contribution in [-0.2, 0) is 11.8 Å². The summed E-state index contributed by atoms with van der Waals surface area (Å²) in [6.07, 6.45) is 1.94. The zero-order valence-corrected chi connectivity index (χ0v) is 12.1. The van der Waals surface area contributed by atoms with Crippen molar-refractivity contribution >= 4 is 11.6 Å². The Bertz CT molecular complexity index is 577. The summed E-state index contributed by atoms with van der Waals surface area (Å²) < 4.78 is 1.76. The van der Waals surface area contributed by atoms with Crippen molar-refractivity contribution in [2.75, 3.05) is 11.9 Å². The molecule has 1 aromatic carbocycles. The fraction of sp³-hybridized carbons (Fsp3) is 0.333. The minimum Gasteiger partial charge on any atom is -0.376 e. The smallest absolute Gasteiger partial charge is 0.239 e. The molecule has 1 heterocycles. The van der Waals surface area contributed by atoms with Crippen molar-refractivity contribution in [2.45, 2.75) is 19.9 Å². The normalized spacial score (nSPS) is 11.9. The number of benzene rings is 1. The number of para-hydroxylation sites is 1. The summed E-state index contributed by atoms with van der Waals surface area (Å²) in [6, 6.07) is 9.63. The van der Waals surface area contributed by atoms with Gasteiger partial charge in [0.2, 0.25) is 5.91 Å². The Morgan fingerprint density at radius 3 is 2.65 bits per heavy atom. The summed E-state index contributed by atoms with van der Waals surface area (Å²) in [5, 5.41) is 10.3. The molecule has 0 spiro atoms. The molecule has 5 heteroatoms. The first-order valence-corrected chi connectivity index (χ1v) is 6.64. The molecule has 0 saturated carbocycles. The van der Waals surface area contributed by atoms with Crippen LogP contribution in [0.5, 0.6) is 0 Å². The summed E-state index contributed by atoms with van der Waals surface area (Å²) in [4.78, 5) is 11.9. The lowest BCUT2D eigenvalue weighted by Gasteiger charge is -2.14. The van der Waals surface area contributed by atoms with E-state index in [0.29, 0.717) is 0 Å². The Hall–Kier alpha value is -2.30. The van der Waals surface area contributed by atoms with Crippen LogP contribution in [0.25, 0.3) is 0 Å². The van der Waals surface area contributed by atoms with Crippen molar-refractivity contribution in [3.8, 4) is 0 Å². The number of rotatable bonds is 5. The predicted molar refractivity (Wildman–Crippen MR) is 79.4 cm³/mol. The lowest BCUT2D eigenvalue weighted by Crippen LogP contribution is -2.32. The zero-order chi connectivity index (χ0) is 14.5. The van der Waals surface area contributed by atoms with Gasteiger partial charge in [-0.25, -0.2) is 0 Å². The summed E-state index contributed by atoms with van der Waals surface area (Å²) >= 11 is 0. The van der Waals surface area contributed by atoms with Gasteiger partial charge in [-0.05, 0) is 26.0 Å². The molecule has 1 aromatic heterocycles. The van der Waals surface area contributed by atoms with E-state index in [4.69, 9.17) is 0 Å². The highest BCUT2D eigenvalue weighted by Crippen LogP contribution is 2.15. The quantitative estimate of drug-likeness (QED) is 0.875. The molecule has 2 N–H and O–H groups in total. The first-order valence-electron chi connectivity index (χ1n) is 6.64. The molecule has 0 fully saturated rings. The second kappa shape index (κ2) is 6.23. The maximum atomic E-state index is 11.9. The number of carbonyl (C=O) groups is 1. The third kappa shape index (κ3) is 3.60. The number of amides is 1. The highest BCUT2D eigenvalue weighted by Gasteiger charge is 2.13. The van der Waals surface area contributed by atoms with Crippen LogP contribution in [0.15, 0.2) is 36.5 Å². The zero-order valence-electron chi connectivity index (χ0n) is 12.1. The number of aryl methyl sites for hydroxylation is 2. The van der Waals surface area contributed by atoms with Crippen LogP contribution in [0, 0.1) is 6.92 Å². The number of carbonyl (C=O) groups excluding carboxylic acids is 1. The minimum atomic E-state index is -0.0474. The van der Waals surface area contributed by atoms with Gasteiger partial charge >= 0.3 is 0 Å². The Morgan fingerprint density at radius 1 is 1.35 bits per heavy atom. The van der Waals surface area contributed by atoms with E-state index >= 15 is 0 Å². The number of aromatic nitrogens is 2. The van der Waals surface area contributed by atoms with Crippen LogP contribution >= 0.6 is 0 Å². The second-order valence-electron chi connectivity index (χ2n) is 4.85. The summed E-state index contributed by atoms with van der Waals surface area (Å²) in [7, 11) is 1.88. The van der Waals surface area contributed by atoms with Crippen LogP contribution in [0.4, 0.5) is 5.69 Å². The summed E-state index contributed by atoms with van der Waals surface area (Å²) in [5.41, 5.74) is 2.92. The molecular formula is C15H20N4O. The van der Waals surface area contributed by atoms with E-state index in [1.807, 2.05) is 57.4 Å². The third-order valence-corrected chi connectivity index (χ3v) is 3.12. The van der Waals surface area contributed by atoms with Gasteiger partial charge in [0.05, 0.1) is 18.3 Å². The van der Waals surface area contributed by atoms with Gasteiger partial charge in [-0.2, -0.15) is 5.10 Å². The first-order chi connectivity index (χ1) is 9.56. The summed E-state index contributed by atoms with van der Waals surface area (Å²) in [6.45, 7) is 4.16. The fourth-order valence-corrected chi connectivity index (χ4v) is 2.15. The first kappa shape index (κ1) is 14.1. The highest BCUT2D eigenvalue weighted by molar-refractivity contribution is 5.81. The van der Waals surface area contributed by atoms with E-state index in [0.717, 1.165) is 16.9 Å². The molecule has 1 amide bonds. The third-order valence-electron chi connectivity index (χ3n) is 3.12. The molecule has 0 radical (unpaired) electrons. The maximum Gasteiger partial charge on any atom is 0.239 e. The lowest BCUT2D eigenvalue weighted by atomic mass is 10.1. The molecule has 0 bridgehead atoms. The number of nitrogens with zero attached hydrogens (tertiary/aromatic N) is 2. The van der Waals surface area contributed by atoms with Crippen LogP contribution in [-0.4, -0.2) is 22.2 Å². The Morgan fingerprint density at radius 2 is 2.05 bits per heavy atom. The van der Waals surface area contributed by atoms with E-state index in [2.05, 4.69) is 15.7 Å². The number of nitrogens with one attached hydrogen (secondary N) is 2. The molecule has 1 atom stereocenters. The monoisotopic (exact) mass is 272 g/mol. The van der Waals surface area contributed by atoms with E-state index in [9.17, 15) is 4.79 Å².